The molecule has 0 amide bonds. The van der Waals surface area contributed by atoms with Crippen molar-refractivity contribution in [1.29, 1.82) is 0 Å². The summed E-state index contributed by atoms with van der Waals surface area (Å²) in [4.78, 5) is 23.6. The molecule has 1 aromatic carbocycles. The molecule has 1 aromatic rings. The van der Waals surface area contributed by atoms with E-state index >= 15 is 0 Å². The topological polar surface area (TPSA) is 52.6 Å². The number of methoxy groups -OCH3 is 1. The minimum atomic E-state index is -0.454. The van der Waals surface area contributed by atoms with E-state index in [2.05, 4.69) is 11.3 Å². The lowest BCUT2D eigenvalue weighted by atomic mass is 9.75. The van der Waals surface area contributed by atoms with Crippen molar-refractivity contribution in [2.45, 2.75) is 19.3 Å². The fourth-order valence-corrected chi connectivity index (χ4v) is 3.50. The number of hydrogen-bond donors (Lipinski definition) is 0. The van der Waals surface area contributed by atoms with Crippen LogP contribution in [0, 0.1) is 11.3 Å². The molecule has 2 fully saturated rings. The minimum Gasteiger partial charge on any atom is -0.465 e. The summed E-state index contributed by atoms with van der Waals surface area (Å²) in [6.45, 7) is 4.54. The molecule has 2 atom stereocenters. The number of carbonyl (C=O) groups is 2. The van der Waals surface area contributed by atoms with Crippen molar-refractivity contribution < 1.29 is 19.1 Å². The monoisotopic (exact) mass is 286 g/mol. The van der Waals surface area contributed by atoms with E-state index in [-0.39, 0.29) is 17.9 Å². The molecule has 1 heterocycles. The fraction of sp³-hybridized carbons (Fsp3) is 0.412. The molecule has 0 radical (unpaired) electrons. The quantitative estimate of drug-likeness (QED) is 0.633. The largest absolute Gasteiger partial charge is 0.465 e. The number of rotatable bonds is 3. The van der Waals surface area contributed by atoms with Crippen LogP contribution >= 0.6 is 0 Å². The summed E-state index contributed by atoms with van der Waals surface area (Å²) in [6.07, 6.45) is 2.21. The Morgan fingerprint density at radius 2 is 2.14 bits per heavy atom. The average molecular weight is 286 g/mol. The van der Waals surface area contributed by atoms with Crippen LogP contribution in [0.3, 0.4) is 0 Å². The molecule has 1 saturated carbocycles. The Morgan fingerprint density at radius 3 is 2.81 bits per heavy atom. The van der Waals surface area contributed by atoms with Crippen LogP contribution < -0.4 is 0 Å². The molecule has 4 nitrogen and oxygen atoms in total. The lowest BCUT2D eigenvalue weighted by Gasteiger charge is -2.24. The Labute approximate surface area is 123 Å². The van der Waals surface area contributed by atoms with Gasteiger partial charge in [-0.15, -0.1) is 0 Å². The van der Waals surface area contributed by atoms with Crippen molar-refractivity contribution in [3.05, 3.63) is 47.5 Å². The van der Waals surface area contributed by atoms with Crippen molar-refractivity contribution in [1.82, 2.24) is 0 Å². The highest BCUT2D eigenvalue weighted by Crippen LogP contribution is 2.52. The summed E-state index contributed by atoms with van der Waals surface area (Å²) in [5.41, 5.74) is 2.22. The molecule has 21 heavy (non-hydrogen) atoms. The fourth-order valence-electron chi connectivity index (χ4n) is 3.50. The predicted molar refractivity (Wildman–Crippen MR) is 76.7 cm³/mol. The number of cyclic esters (lactones) is 1. The third-order valence-electron chi connectivity index (χ3n) is 4.60. The third kappa shape index (κ3) is 2.24. The molecule has 1 aliphatic carbocycles. The molecule has 2 aliphatic rings. The smallest absolute Gasteiger partial charge is 0.337 e. The number of ether oxygens (including phenoxy) is 2. The Kier molecular flexibility index (Phi) is 3.32. The number of fused-ring (bicyclic) bond motifs is 1. The maximum atomic E-state index is 12.2. The van der Waals surface area contributed by atoms with E-state index in [1.807, 2.05) is 12.1 Å². The zero-order chi connectivity index (χ0) is 15.0. The highest BCUT2D eigenvalue weighted by Gasteiger charge is 2.55. The van der Waals surface area contributed by atoms with Crippen LogP contribution in [-0.2, 0) is 20.7 Å². The summed E-state index contributed by atoms with van der Waals surface area (Å²) in [6, 6.07) is 7.23. The first-order valence-electron chi connectivity index (χ1n) is 7.06. The van der Waals surface area contributed by atoms with Crippen molar-refractivity contribution in [3.63, 3.8) is 0 Å². The molecule has 3 rings (SSSR count). The number of benzene rings is 1. The van der Waals surface area contributed by atoms with E-state index in [0.29, 0.717) is 25.0 Å². The maximum absolute atomic E-state index is 12.2. The Balaban J connectivity index is 1.84. The van der Waals surface area contributed by atoms with Crippen LogP contribution in [0.15, 0.2) is 36.4 Å². The second-order valence-corrected chi connectivity index (χ2v) is 5.95. The van der Waals surface area contributed by atoms with E-state index in [1.165, 1.54) is 7.11 Å². The summed E-state index contributed by atoms with van der Waals surface area (Å²) >= 11 is 0. The lowest BCUT2D eigenvalue weighted by molar-refractivity contribution is -0.146. The molecule has 0 aromatic heterocycles. The molecule has 4 heteroatoms. The highest BCUT2D eigenvalue weighted by atomic mass is 16.5. The number of carbonyl (C=O) groups excluding carboxylic acids is 2. The van der Waals surface area contributed by atoms with Crippen LogP contribution in [0.25, 0.3) is 0 Å². The molecule has 1 saturated heterocycles. The molecule has 0 N–H and O–H groups in total. The van der Waals surface area contributed by atoms with Crippen LogP contribution in [-0.4, -0.2) is 25.7 Å². The summed E-state index contributed by atoms with van der Waals surface area (Å²) in [5.74, 6) is -0.229. The van der Waals surface area contributed by atoms with Gasteiger partial charge in [-0.3, -0.25) is 4.79 Å². The maximum Gasteiger partial charge on any atom is 0.337 e. The first-order chi connectivity index (χ1) is 10.0. The number of allylic oxidation sites excluding steroid dienone is 1. The van der Waals surface area contributed by atoms with Gasteiger partial charge >= 0.3 is 11.9 Å². The van der Waals surface area contributed by atoms with Crippen molar-refractivity contribution in [2.24, 2.45) is 11.3 Å². The van der Waals surface area contributed by atoms with Gasteiger partial charge in [0.15, 0.2) is 0 Å². The van der Waals surface area contributed by atoms with Crippen LogP contribution in [0.4, 0.5) is 0 Å². The lowest BCUT2D eigenvalue weighted by Crippen LogP contribution is -2.31. The van der Waals surface area contributed by atoms with Gasteiger partial charge in [-0.05, 0) is 37.0 Å². The van der Waals surface area contributed by atoms with Crippen LogP contribution in [0.1, 0.15) is 28.8 Å². The van der Waals surface area contributed by atoms with E-state index < -0.39 is 5.41 Å². The predicted octanol–water partition coefficient (Wildman–Crippen LogP) is 2.53. The molecular formula is C17H18O4. The van der Waals surface area contributed by atoms with Gasteiger partial charge in [0, 0.05) is 5.92 Å². The van der Waals surface area contributed by atoms with Gasteiger partial charge in [0.05, 0.1) is 24.7 Å². The van der Waals surface area contributed by atoms with Gasteiger partial charge in [-0.2, -0.15) is 0 Å². The minimum absolute atomic E-state index is 0.108. The SMILES string of the molecule is C=C1CC2COC(=O)C2(Cc2ccc(C(=O)OC)cc2)C1. The molecular weight excluding hydrogens is 268 g/mol. The van der Waals surface area contributed by atoms with E-state index in [0.717, 1.165) is 17.6 Å². The van der Waals surface area contributed by atoms with E-state index in [4.69, 9.17) is 4.74 Å². The van der Waals surface area contributed by atoms with Crippen LogP contribution in [0.5, 0.6) is 0 Å². The normalized spacial score (nSPS) is 27.4. The Hall–Kier alpha value is -2.10. The van der Waals surface area contributed by atoms with Gasteiger partial charge < -0.3 is 9.47 Å². The number of esters is 2. The zero-order valence-corrected chi connectivity index (χ0v) is 12.1. The van der Waals surface area contributed by atoms with E-state index in [9.17, 15) is 9.59 Å². The average Bonchev–Trinajstić information content (AvgIpc) is 2.94. The van der Waals surface area contributed by atoms with E-state index in [1.54, 1.807) is 12.1 Å². The first-order valence-corrected chi connectivity index (χ1v) is 7.06. The molecule has 0 spiro atoms. The highest BCUT2D eigenvalue weighted by molar-refractivity contribution is 5.89. The Bertz CT molecular complexity index is 602. The van der Waals surface area contributed by atoms with Crippen LogP contribution in [0.2, 0.25) is 0 Å². The van der Waals surface area contributed by atoms with Gasteiger partial charge in [0.1, 0.15) is 0 Å². The second-order valence-electron chi connectivity index (χ2n) is 5.95. The van der Waals surface area contributed by atoms with Crippen molar-refractivity contribution in [3.8, 4) is 0 Å². The summed E-state index contributed by atoms with van der Waals surface area (Å²) in [7, 11) is 1.36. The molecule has 0 bridgehead atoms. The zero-order valence-electron chi connectivity index (χ0n) is 12.1. The van der Waals surface area contributed by atoms with Gasteiger partial charge in [0.2, 0.25) is 0 Å². The van der Waals surface area contributed by atoms with Gasteiger partial charge in [0.25, 0.3) is 0 Å². The second kappa shape index (κ2) is 5.02. The first kappa shape index (κ1) is 13.9. The Morgan fingerprint density at radius 1 is 1.43 bits per heavy atom. The third-order valence-corrected chi connectivity index (χ3v) is 4.60. The number of hydrogen-bond acceptors (Lipinski definition) is 4. The van der Waals surface area contributed by atoms with Crippen molar-refractivity contribution >= 4 is 11.9 Å². The summed E-state index contributed by atoms with van der Waals surface area (Å²) in [5, 5.41) is 0. The van der Waals surface area contributed by atoms with Gasteiger partial charge in [-0.25, -0.2) is 4.79 Å². The molecule has 1 aliphatic heterocycles. The molecule has 110 valence electrons. The summed E-state index contributed by atoms with van der Waals surface area (Å²) < 4.78 is 9.95. The standard InChI is InChI=1S/C17H18O4/c1-11-7-14-10-21-16(19)17(14,8-11)9-12-3-5-13(6-4-12)15(18)20-2/h3-6,14H,1,7-10H2,2H3. The molecule has 2 unspecified atom stereocenters. The van der Waals surface area contributed by atoms with Gasteiger partial charge in [-0.1, -0.05) is 24.3 Å². The van der Waals surface area contributed by atoms with Crippen molar-refractivity contribution in [2.75, 3.05) is 13.7 Å².